The van der Waals surface area contributed by atoms with Crippen molar-refractivity contribution in [2.45, 2.75) is 32.5 Å². The normalized spacial score (nSPS) is 14.4. The van der Waals surface area contributed by atoms with E-state index in [0.717, 1.165) is 0 Å². The lowest BCUT2D eigenvalue weighted by Gasteiger charge is -2.19. The Morgan fingerprint density at radius 3 is 2.29 bits per heavy atom. The van der Waals surface area contributed by atoms with Gasteiger partial charge >= 0.3 is 0 Å². The van der Waals surface area contributed by atoms with E-state index in [1.165, 1.54) is 0 Å². The third kappa shape index (κ3) is 9.92. The maximum Gasteiger partial charge on any atom is 0.101 e. The lowest BCUT2D eigenvalue weighted by atomic mass is 10.2. The molecule has 0 aromatic rings. The largest absolute Gasteiger partial charge is 0.388 e. The molecule has 0 aliphatic heterocycles. The summed E-state index contributed by atoms with van der Waals surface area (Å²) < 4.78 is 15.4. The van der Waals surface area contributed by atoms with Crippen molar-refractivity contribution in [3.63, 3.8) is 0 Å². The van der Waals surface area contributed by atoms with Gasteiger partial charge in [-0.25, -0.2) is 0 Å². The van der Waals surface area contributed by atoms with Gasteiger partial charge in [-0.15, -0.1) is 0 Å². The molecule has 0 aromatic carbocycles. The van der Waals surface area contributed by atoms with Crippen molar-refractivity contribution in [1.82, 2.24) is 0 Å². The molecule has 1 atom stereocenters. The van der Waals surface area contributed by atoms with Crippen molar-refractivity contribution in [3.05, 3.63) is 0 Å². The molecular formula is C10H22O4. The van der Waals surface area contributed by atoms with Crippen molar-refractivity contribution in [1.29, 1.82) is 0 Å². The van der Waals surface area contributed by atoms with E-state index in [2.05, 4.69) is 0 Å². The standard InChI is InChI=1S/C10H22O4/c1-10(2,3)14-6-5-13-8-9(11)7-12-4/h9,11H,5-8H2,1-4H3. The highest BCUT2D eigenvalue weighted by Crippen LogP contribution is 2.05. The summed E-state index contributed by atoms with van der Waals surface area (Å²) in [6, 6.07) is 0. The minimum absolute atomic E-state index is 0.130. The lowest BCUT2D eigenvalue weighted by Crippen LogP contribution is -2.25. The van der Waals surface area contributed by atoms with Gasteiger partial charge in [0.05, 0.1) is 32.0 Å². The summed E-state index contributed by atoms with van der Waals surface area (Å²) in [6.45, 7) is 7.62. The first-order valence-electron chi connectivity index (χ1n) is 4.84. The second-order valence-electron chi connectivity index (χ2n) is 4.14. The molecule has 0 spiro atoms. The molecule has 1 unspecified atom stereocenters. The predicted octanol–water partition coefficient (Wildman–Crippen LogP) is 0.825. The Kier molecular flexibility index (Phi) is 7.09. The van der Waals surface area contributed by atoms with Crippen molar-refractivity contribution >= 4 is 0 Å². The molecule has 4 nitrogen and oxygen atoms in total. The summed E-state index contributed by atoms with van der Waals surface area (Å²) >= 11 is 0. The highest BCUT2D eigenvalue weighted by molar-refractivity contribution is 4.58. The first-order valence-corrected chi connectivity index (χ1v) is 4.84. The zero-order valence-corrected chi connectivity index (χ0v) is 9.58. The van der Waals surface area contributed by atoms with Crippen molar-refractivity contribution in [2.75, 3.05) is 33.5 Å². The SMILES string of the molecule is COCC(O)COCCOC(C)(C)C. The minimum atomic E-state index is -0.547. The van der Waals surface area contributed by atoms with E-state index in [0.29, 0.717) is 26.4 Å². The first-order chi connectivity index (χ1) is 6.45. The van der Waals surface area contributed by atoms with Gasteiger partial charge in [0, 0.05) is 7.11 Å². The zero-order valence-electron chi connectivity index (χ0n) is 9.58. The van der Waals surface area contributed by atoms with E-state index in [4.69, 9.17) is 14.2 Å². The summed E-state index contributed by atoms with van der Waals surface area (Å²) in [6.07, 6.45) is -0.547. The third-order valence-corrected chi connectivity index (χ3v) is 1.43. The van der Waals surface area contributed by atoms with Crippen LogP contribution in [0.5, 0.6) is 0 Å². The van der Waals surface area contributed by atoms with Gasteiger partial charge in [-0.2, -0.15) is 0 Å². The quantitative estimate of drug-likeness (QED) is 0.627. The van der Waals surface area contributed by atoms with Crippen LogP contribution < -0.4 is 0 Å². The predicted molar refractivity (Wildman–Crippen MR) is 54.4 cm³/mol. The molecule has 0 aliphatic rings. The molecule has 0 aromatic heterocycles. The molecule has 0 aliphatic carbocycles. The molecule has 86 valence electrons. The number of methoxy groups -OCH3 is 1. The van der Waals surface area contributed by atoms with Gasteiger partial charge in [-0.3, -0.25) is 0 Å². The minimum Gasteiger partial charge on any atom is -0.388 e. The van der Waals surface area contributed by atoms with Crippen LogP contribution in [0.1, 0.15) is 20.8 Å². The van der Waals surface area contributed by atoms with Gasteiger partial charge in [0.15, 0.2) is 0 Å². The molecule has 0 amide bonds. The number of ether oxygens (including phenoxy) is 3. The fourth-order valence-electron chi connectivity index (χ4n) is 0.867. The molecule has 1 N–H and O–H groups in total. The fraction of sp³-hybridized carbons (Fsp3) is 1.00. The Balaban J connectivity index is 3.21. The zero-order chi connectivity index (χ0) is 11.0. The monoisotopic (exact) mass is 206 g/mol. The number of hydrogen-bond donors (Lipinski definition) is 1. The topological polar surface area (TPSA) is 47.9 Å². The number of aliphatic hydroxyl groups excluding tert-OH is 1. The van der Waals surface area contributed by atoms with E-state index >= 15 is 0 Å². The molecule has 4 heteroatoms. The molecule has 0 heterocycles. The van der Waals surface area contributed by atoms with Crippen LogP contribution in [0.25, 0.3) is 0 Å². The summed E-state index contributed by atoms with van der Waals surface area (Å²) in [5.41, 5.74) is -0.130. The summed E-state index contributed by atoms with van der Waals surface area (Å²) in [5.74, 6) is 0. The first kappa shape index (κ1) is 13.8. The maximum atomic E-state index is 9.22. The molecule has 0 rings (SSSR count). The smallest absolute Gasteiger partial charge is 0.101 e. The average Bonchev–Trinajstić information content (AvgIpc) is 2.02. The molecule has 0 saturated heterocycles. The Labute approximate surface area is 86.2 Å². The van der Waals surface area contributed by atoms with Gasteiger partial charge in [0.1, 0.15) is 6.10 Å². The van der Waals surface area contributed by atoms with Gasteiger partial charge < -0.3 is 19.3 Å². The Bertz CT molecular complexity index is 131. The Morgan fingerprint density at radius 2 is 1.79 bits per heavy atom. The van der Waals surface area contributed by atoms with Crippen LogP contribution in [-0.4, -0.2) is 50.3 Å². The highest BCUT2D eigenvalue weighted by atomic mass is 16.5. The second kappa shape index (κ2) is 7.17. The number of hydrogen-bond acceptors (Lipinski definition) is 4. The van der Waals surface area contributed by atoms with E-state index in [1.54, 1.807) is 7.11 Å². The molecule has 0 radical (unpaired) electrons. The summed E-state index contributed by atoms with van der Waals surface area (Å²) in [4.78, 5) is 0. The molecule has 0 saturated carbocycles. The number of aliphatic hydroxyl groups is 1. The molecular weight excluding hydrogens is 184 g/mol. The van der Waals surface area contributed by atoms with Gasteiger partial charge in [0.2, 0.25) is 0 Å². The van der Waals surface area contributed by atoms with Crippen LogP contribution in [0.15, 0.2) is 0 Å². The molecule has 0 fully saturated rings. The maximum absolute atomic E-state index is 9.22. The fourth-order valence-corrected chi connectivity index (χ4v) is 0.867. The van der Waals surface area contributed by atoms with Crippen LogP contribution in [0, 0.1) is 0 Å². The van der Waals surface area contributed by atoms with E-state index < -0.39 is 6.10 Å². The average molecular weight is 206 g/mol. The van der Waals surface area contributed by atoms with Crippen molar-refractivity contribution in [2.24, 2.45) is 0 Å². The van der Waals surface area contributed by atoms with Crippen LogP contribution in [0.4, 0.5) is 0 Å². The second-order valence-corrected chi connectivity index (χ2v) is 4.14. The van der Waals surface area contributed by atoms with E-state index in [9.17, 15) is 5.11 Å². The van der Waals surface area contributed by atoms with Gasteiger partial charge in [-0.1, -0.05) is 0 Å². The number of rotatable bonds is 7. The third-order valence-electron chi connectivity index (χ3n) is 1.43. The lowest BCUT2D eigenvalue weighted by molar-refractivity contribution is -0.0558. The summed E-state index contributed by atoms with van der Waals surface area (Å²) in [5, 5.41) is 9.22. The van der Waals surface area contributed by atoms with Crippen molar-refractivity contribution < 1.29 is 19.3 Å². The van der Waals surface area contributed by atoms with Crippen LogP contribution >= 0.6 is 0 Å². The van der Waals surface area contributed by atoms with Crippen LogP contribution in [0.2, 0.25) is 0 Å². The van der Waals surface area contributed by atoms with Crippen LogP contribution in [0.3, 0.4) is 0 Å². The van der Waals surface area contributed by atoms with Gasteiger partial charge in [-0.05, 0) is 20.8 Å². The highest BCUT2D eigenvalue weighted by Gasteiger charge is 2.09. The Morgan fingerprint density at radius 1 is 1.14 bits per heavy atom. The van der Waals surface area contributed by atoms with Crippen LogP contribution in [-0.2, 0) is 14.2 Å². The van der Waals surface area contributed by atoms with E-state index in [-0.39, 0.29) is 5.60 Å². The van der Waals surface area contributed by atoms with Crippen molar-refractivity contribution in [3.8, 4) is 0 Å². The van der Waals surface area contributed by atoms with Gasteiger partial charge in [0.25, 0.3) is 0 Å². The van der Waals surface area contributed by atoms with E-state index in [1.807, 2.05) is 20.8 Å². The molecule has 14 heavy (non-hydrogen) atoms. The Hall–Kier alpha value is -0.160. The summed E-state index contributed by atoms with van der Waals surface area (Å²) in [7, 11) is 1.55. The molecule has 0 bridgehead atoms.